The van der Waals surface area contributed by atoms with Gasteiger partial charge < -0.3 is 25.3 Å². The Hall–Kier alpha value is -2.61. The van der Waals surface area contributed by atoms with E-state index in [1.165, 1.54) is 13.3 Å². The fourth-order valence-electron chi connectivity index (χ4n) is 2.31. The number of carbonyl (C=O) groups is 1. The largest absolute Gasteiger partial charge is 0.481 e. The van der Waals surface area contributed by atoms with Gasteiger partial charge in [0.1, 0.15) is 11.2 Å². The third-order valence-electron chi connectivity index (χ3n) is 3.77. The number of aromatic nitrogens is 2. The van der Waals surface area contributed by atoms with Crippen molar-refractivity contribution < 1.29 is 9.53 Å². The minimum absolute atomic E-state index is 0.142. The third kappa shape index (κ3) is 4.23. The zero-order valence-corrected chi connectivity index (χ0v) is 14.2. The van der Waals surface area contributed by atoms with Crippen LogP contribution in [0.3, 0.4) is 0 Å². The van der Waals surface area contributed by atoms with Gasteiger partial charge in [0.05, 0.1) is 12.6 Å². The maximum atomic E-state index is 12.4. The highest BCUT2D eigenvalue weighted by molar-refractivity contribution is 5.91. The number of H-pyrrole nitrogens is 1. The lowest BCUT2D eigenvalue weighted by Gasteiger charge is -2.18. The minimum Gasteiger partial charge on any atom is -0.481 e. The normalized spacial score (nSPS) is 10.8. The highest BCUT2D eigenvalue weighted by Crippen LogP contribution is 2.13. The number of pyridine rings is 2. The smallest absolute Gasteiger partial charge is 0.319 e. The van der Waals surface area contributed by atoms with E-state index in [2.05, 4.69) is 39.3 Å². The summed E-state index contributed by atoms with van der Waals surface area (Å²) in [5.41, 5.74) is 0.578. The molecule has 3 N–H and O–H groups in total. The van der Waals surface area contributed by atoms with Gasteiger partial charge >= 0.3 is 6.03 Å². The molecule has 0 spiro atoms. The maximum Gasteiger partial charge on any atom is 0.319 e. The van der Waals surface area contributed by atoms with Crippen molar-refractivity contribution in [2.24, 2.45) is 0 Å². The number of hydrogen-bond donors (Lipinski definition) is 3. The van der Waals surface area contributed by atoms with Crippen LogP contribution in [0.4, 0.5) is 10.5 Å². The fourth-order valence-corrected chi connectivity index (χ4v) is 2.31. The SMILES string of the molecule is CCN(CC)CCNC(=O)Nc1c[nH]c2ccc(OC)nc2c1=O. The standard InChI is InChI=1S/C16H23N5O3/c1-4-21(5-2)9-8-17-16(23)19-12-10-18-11-6-7-13(24-3)20-14(11)15(12)22/h6-7,10H,4-5,8-9H2,1-3H3,(H,18,22)(H2,17,19,23). The Kier molecular flexibility index (Phi) is 6.14. The molecule has 0 saturated carbocycles. The highest BCUT2D eigenvalue weighted by atomic mass is 16.5. The van der Waals surface area contributed by atoms with Crippen LogP contribution in [0.5, 0.6) is 5.88 Å². The number of nitrogens with zero attached hydrogens (tertiary/aromatic N) is 2. The quantitative estimate of drug-likeness (QED) is 0.711. The molecule has 130 valence electrons. The first kappa shape index (κ1) is 17.7. The summed E-state index contributed by atoms with van der Waals surface area (Å²) in [5, 5.41) is 5.29. The first-order valence-corrected chi connectivity index (χ1v) is 7.92. The average molecular weight is 333 g/mol. The van der Waals surface area contributed by atoms with Crippen LogP contribution in [0.25, 0.3) is 11.0 Å². The Morgan fingerprint density at radius 1 is 1.33 bits per heavy atom. The number of urea groups is 1. The molecule has 2 rings (SSSR count). The molecule has 8 heteroatoms. The number of hydrogen-bond acceptors (Lipinski definition) is 5. The molecule has 0 radical (unpaired) electrons. The lowest BCUT2D eigenvalue weighted by Crippen LogP contribution is -2.37. The van der Waals surface area contributed by atoms with Crippen LogP contribution in [-0.4, -0.2) is 54.2 Å². The van der Waals surface area contributed by atoms with Crippen LogP contribution >= 0.6 is 0 Å². The molecule has 2 amide bonds. The predicted octanol–water partition coefficient (Wildman–Crippen LogP) is 1.39. The zero-order chi connectivity index (χ0) is 17.5. The summed E-state index contributed by atoms with van der Waals surface area (Å²) in [6, 6.07) is 2.94. The van der Waals surface area contributed by atoms with Gasteiger partial charge in [-0.2, -0.15) is 0 Å². The van der Waals surface area contributed by atoms with Crippen LogP contribution in [0.15, 0.2) is 23.1 Å². The molecule has 0 saturated heterocycles. The summed E-state index contributed by atoms with van der Waals surface area (Å²) in [5.74, 6) is 0.342. The van der Waals surface area contributed by atoms with Gasteiger partial charge in [-0.15, -0.1) is 0 Å². The molecule has 0 aliphatic rings. The number of carbonyl (C=O) groups excluding carboxylic acids is 1. The number of ether oxygens (including phenoxy) is 1. The molecule has 8 nitrogen and oxygen atoms in total. The van der Waals surface area contributed by atoms with Gasteiger partial charge in [0.2, 0.25) is 11.3 Å². The number of rotatable bonds is 7. The predicted molar refractivity (Wildman–Crippen MR) is 93.7 cm³/mol. The molecule has 0 aliphatic heterocycles. The lowest BCUT2D eigenvalue weighted by atomic mass is 10.3. The number of anilines is 1. The molecule has 2 aromatic rings. The summed E-state index contributed by atoms with van der Waals surface area (Å²) in [6.45, 7) is 7.26. The third-order valence-corrected chi connectivity index (χ3v) is 3.77. The van der Waals surface area contributed by atoms with Crippen LogP contribution in [0, 0.1) is 0 Å². The van der Waals surface area contributed by atoms with Gasteiger partial charge in [0.15, 0.2) is 0 Å². The second-order valence-electron chi connectivity index (χ2n) is 5.19. The van der Waals surface area contributed by atoms with Crippen molar-refractivity contribution in [1.29, 1.82) is 0 Å². The van der Waals surface area contributed by atoms with Crippen molar-refractivity contribution in [2.45, 2.75) is 13.8 Å². The van der Waals surface area contributed by atoms with Gasteiger partial charge in [-0.3, -0.25) is 4.79 Å². The van der Waals surface area contributed by atoms with Crippen molar-refractivity contribution >= 4 is 22.8 Å². The number of amides is 2. The maximum absolute atomic E-state index is 12.4. The first-order valence-electron chi connectivity index (χ1n) is 7.92. The molecular weight excluding hydrogens is 310 g/mol. The highest BCUT2D eigenvalue weighted by Gasteiger charge is 2.10. The van der Waals surface area contributed by atoms with Crippen LogP contribution in [0.2, 0.25) is 0 Å². The fraction of sp³-hybridized carbons (Fsp3) is 0.438. The minimum atomic E-state index is -0.421. The number of nitrogens with one attached hydrogen (secondary N) is 3. The molecule has 0 unspecified atom stereocenters. The first-order chi connectivity index (χ1) is 11.6. The summed E-state index contributed by atoms with van der Waals surface area (Å²) in [6.07, 6.45) is 1.46. The van der Waals surface area contributed by atoms with E-state index < -0.39 is 6.03 Å². The van der Waals surface area contributed by atoms with Crippen LogP contribution in [-0.2, 0) is 0 Å². The average Bonchev–Trinajstić information content (AvgIpc) is 2.61. The van der Waals surface area contributed by atoms with Gasteiger partial charge in [0.25, 0.3) is 0 Å². The monoisotopic (exact) mass is 333 g/mol. The van der Waals surface area contributed by atoms with Crippen LogP contribution in [0.1, 0.15) is 13.8 Å². The van der Waals surface area contributed by atoms with E-state index in [1.54, 1.807) is 12.1 Å². The lowest BCUT2D eigenvalue weighted by molar-refractivity contribution is 0.248. The van der Waals surface area contributed by atoms with E-state index in [-0.39, 0.29) is 16.6 Å². The second-order valence-corrected chi connectivity index (χ2v) is 5.19. The van der Waals surface area contributed by atoms with Crippen molar-refractivity contribution in [1.82, 2.24) is 20.2 Å². The van der Waals surface area contributed by atoms with Gasteiger partial charge in [-0.05, 0) is 19.2 Å². The Labute approximate surface area is 140 Å². The van der Waals surface area contributed by atoms with Gasteiger partial charge in [-0.1, -0.05) is 13.8 Å². The van der Waals surface area contributed by atoms with Crippen LogP contribution < -0.4 is 20.8 Å². The topological polar surface area (TPSA) is 99.3 Å². The van der Waals surface area contributed by atoms with E-state index >= 15 is 0 Å². The number of methoxy groups -OCH3 is 1. The molecule has 0 fully saturated rings. The molecule has 0 aliphatic carbocycles. The summed E-state index contributed by atoms with van der Waals surface area (Å²) < 4.78 is 5.03. The molecule has 2 heterocycles. The molecule has 0 atom stereocenters. The molecule has 24 heavy (non-hydrogen) atoms. The van der Waals surface area contributed by atoms with Crippen molar-refractivity contribution in [2.75, 3.05) is 38.6 Å². The Morgan fingerprint density at radius 2 is 2.08 bits per heavy atom. The Morgan fingerprint density at radius 3 is 2.75 bits per heavy atom. The molecule has 0 bridgehead atoms. The van der Waals surface area contributed by atoms with Gasteiger partial charge in [0, 0.05) is 25.4 Å². The van der Waals surface area contributed by atoms with Crippen molar-refractivity contribution in [3.05, 3.63) is 28.6 Å². The summed E-state index contributed by atoms with van der Waals surface area (Å²) in [4.78, 5) is 33.6. The van der Waals surface area contributed by atoms with E-state index in [0.717, 1.165) is 19.6 Å². The van der Waals surface area contributed by atoms with E-state index in [9.17, 15) is 9.59 Å². The summed E-state index contributed by atoms with van der Waals surface area (Å²) >= 11 is 0. The Bertz CT molecular complexity index is 755. The number of likely N-dealkylation sites (N-methyl/N-ethyl adjacent to an activating group) is 1. The van der Waals surface area contributed by atoms with E-state index in [1.807, 2.05) is 0 Å². The van der Waals surface area contributed by atoms with Crippen molar-refractivity contribution in [3.63, 3.8) is 0 Å². The molecular formula is C16H23N5O3. The van der Waals surface area contributed by atoms with Gasteiger partial charge in [-0.25, -0.2) is 9.78 Å². The van der Waals surface area contributed by atoms with E-state index in [4.69, 9.17) is 4.74 Å². The number of fused-ring (bicyclic) bond motifs is 1. The summed E-state index contributed by atoms with van der Waals surface area (Å²) in [7, 11) is 1.48. The Balaban J connectivity index is 2.05. The zero-order valence-electron chi connectivity index (χ0n) is 14.2. The van der Waals surface area contributed by atoms with E-state index in [0.29, 0.717) is 17.9 Å². The molecule has 0 aromatic carbocycles. The number of aromatic amines is 1. The van der Waals surface area contributed by atoms with Crippen molar-refractivity contribution in [3.8, 4) is 5.88 Å². The second kappa shape index (κ2) is 8.30. The molecule has 2 aromatic heterocycles.